The summed E-state index contributed by atoms with van der Waals surface area (Å²) in [6.07, 6.45) is 6.75. The van der Waals surface area contributed by atoms with E-state index < -0.39 is 0 Å². The van der Waals surface area contributed by atoms with Gasteiger partial charge in [0.25, 0.3) is 0 Å². The van der Waals surface area contributed by atoms with Crippen molar-refractivity contribution in [3.63, 3.8) is 0 Å². The van der Waals surface area contributed by atoms with Crippen molar-refractivity contribution in [3.05, 3.63) is 0 Å². The van der Waals surface area contributed by atoms with E-state index in [4.69, 9.17) is 0 Å². The normalized spacial score (nSPS) is 32.3. The van der Waals surface area contributed by atoms with E-state index in [-0.39, 0.29) is 23.1 Å². The van der Waals surface area contributed by atoms with E-state index >= 15 is 0 Å². The van der Waals surface area contributed by atoms with Gasteiger partial charge in [0.05, 0.1) is 0 Å². The number of amides is 2. The minimum Gasteiger partial charge on any atom is -0.353 e. The zero-order valence-electron chi connectivity index (χ0n) is 14.2. The van der Waals surface area contributed by atoms with Crippen LogP contribution in [0.1, 0.15) is 59.3 Å². The van der Waals surface area contributed by atoms with Crippen molar-refractivity contribution in [2.24, 2.45) is 23.2 Å². The van der Waals surface area contributed by atoms with Crippen LogP contribution in [0.25, 0.3) is 0 Å². The number of likely N-dealkylation sites (tertiary alicyclic amines) is 1. The number of piperidine rings is 1. The highest BCUT2D eigenvalue weighted by Gasteiger charge is 2.46. The fourth-order valence-corrected chi connectivity index (χ4v) is 4.21. The molecule has 0 radical (unpaired) electrons. The summed E-state index contributed by atoms with van der Waals surface area (Å²) in [5, 5.41) is 3.31. The van der Waals surface area contributed by atoms with E-state index in [0.29, 0.717) is 6.04 Å². The molecule has 0 aromatic carbocycles. The highest BCUT2D eigenvalue weighted by molar-refractivity contribution is 5.82. The average Bonchev–Trinajstić information content (AvgIpc) is 3.26. The van der Waals surface area contributed by atoms with Crippen LogP contribution in [-0.2, 0) is 9.59 Å². The molecule has 124 valence electrons. The van der Waals surface area contributed by atoms with Crippen molar-refractivity contribution in [3.8, 4) is 0 Å². The topological polar surface area (TPSA) is 49.4 Å². The van der Waals surface area contributed by atoms with Crippen molar-refractivity contribution >= 4 is 11.8 Å². The smallest absolute Gasteiger partial charge is 0.227 e. The zero-order chi connectivity index (χ0) is 15.9. The Balaban J connectivity index is 1.47. The molecule has 0 spiro atoms. The fourth-order valence-electron chi connectivity index (χ4n) is 4.21. The van der Waals surface area contributed by atoms with Crippen LogP contribution in [0, 0.1) is 23.2 Å². The molecular formula is C18H30N2O2. The molecule has 2 aliphatic carbocycles. The predicted molar refractivity (Wildman–Crippen MR) is 86.1 cm³/mol. The molecule has 1 N–H and O–H groups in total. The van der Waals surface area contributed by atoms with Gasteiger partial charge in [-0.25, -0.2) is 0 Å². The van der Waals surface area contributed by atoms with E-state index in [1.165, 1.54) is 19.3 Å². The largest absolute Gasteiger partial charge is 0.353 e. The lowest BCUT2D eigenvalue weighted by Crippen LogP contribution is -2.48. The number of carbonyl (C=O) groups is 2. The lowest BCUT2D eigenvalue weighted by molar-refractivity contribution is -0.142. The van der Waals surface area contributed by atoms with E-state index in [9.17, 15) is 9.59 Å². The van der Waals surface area contributed by atoms with Crippen LogP contribution >= 0.6 is 0 Å². The maximum absolute atomic E-state index is 12.5. The van der Waals surface area contributed by atoms with Gasteiger partial charge in [-0.1, -0.05) is 33.6 Å². The highest BCUT2D eigenvalue weighted by atomic mass is 16.2. The molecule has 3 atom stereocenters. The number of rotatable bonds is 2. The van der Waals surface area contributed by atoms with Gasteiger partial charge in [-0.3, -0.25) is 9.59 Å². The lowest BCUT2D eigenvalue weighted by atomic mass is 9.90. The first kappa shape index (κ1) is 15.8. The first-order chi connectivity index (χ1) is 10.4. The number of nitrogens with one attached hydrogen (secondary N) is 1. The molecule has 3 aliphatic rings. The minimum atomic E-state index is -0.321. The summed E-state index contributed by atoms with van der Waals surface area (Å²) in [4.78, 5) is 26.7. The standard InChI is InChI=1S/C18H30N2O2/c1-18(2,3)17(22)20-9-7-12(8-10-20)16(21)19-15-6-4-5-13-11-14(13)15/h12-15H,4-11H2,1-3H3,(H,19,21)/t13-,14+,15-/m0/s1. The lowest BCUT2D eigenvalue weighted by Gasteiger charge is -2.36. The molecule has 2 amide bonds. The molecule has 3 rings (SSSR count). The molecule has 0 unspecified atom stereocenters. The Morgan fingerprint density at radius 2 is 1.73 bits per heavy atom. The van der Waals surface area contributed by atoms with Crippen molar-refractivity contribution in [1.29, 1.82) is 0 Å². The number of fused-ring (bicyclic) bond motifs is 1. The quantitative estimate of drug-likeness (QED) is 0.852. The number of carbonyl (C=O) groups excluding carboxylic acids is 2. The SMILES string of the molecule is CC(C)(C)C(=O)N1CCC(C(=O)N[C@H]2CCC[C@H]3C[C@H]32)CC1. The molecule has 2 saturated carbocycles. The third-order valence-electron chi connectivity index (χ3n) is 5.71. The Bertz CT molecular complexity index is 446. The molecule has 1 heterocycles. The average molecular weight is 306 g/mol. The van der Waals surface area contributed by atoms with Crippen LogP contribution in [-0.4, -0.2) is 35.8 Å². The van der Waals surface area contributed by atoms with Gasteiger partial charge in [0.1, 0.15) is 0 Å². The second kappa shape index (κ2) is 5.86. The second-order valence-electron chi connectivity index (χ2n) is 8.52. The summed E-state index contributed by atoms with van der Waals surface area (Å²) < 4.78 is 0. The monoisotopic (exact) mass is 306 g/mol. The summed E-state index contributed by atoms with van der Waals surface area (Å²) in [5.41, 5.74) is -0.321. The zero-order valence-corrected chi connectivity index (χ0v) is 14.2. The molecule has 1 aliphatic heterocycles. The van der Waals surface area contributed by atoms with Crippen molar-refractivity contribution in [1.82, 2.24) is 10.2 Å². The molecular weight excluding hydrogens is 276 g/mol. The maximum atomic E-state index is 12.5. The third-order valence-corrected chi connectivity index (χ3v) is 5.71. The molecule has 22 heavy (non-hydrogen) atoms. The van der Waals surface area contributed by atoms with Gasteiger partial charge in [0.2, 0.25) is 11.8 Å². The van der Waals surface area contributed by atoms with Gasteiger partial charge in [0.15, 0.2) is 0 Å². The Labute approximate surface area is 134 Å². The summed E-state index contributed by atoms with van der Waals surface area (Å²) >= 11 is 0. The highest BCUT2D eigenvalue weighted by Crippen LogP contribution is 2.49. The van der Waals surface area contributed by atoms with Crippen molar-refractivity contribution < 1.29 is 9.59 Å². The van der Waals surface area contributed by atoms with Crippen LogP contribution in [0.3, 0.4) is 0 Å². The Hall–Kier alpha value is -1.06. The molecule has 3 fully saturated rings. The first-order valence-corrected chi connectivity index (χ1v) is 8.96. The molecule has 0 aromatic heterocycles. The first-order valence-electron chi connectivity index (χ1n) is 8.96. The minimum absolute atomic E-state index is 0.100. The van der Waals surface area contributed by atoms with E-state index in [1.54, 1.807) is 0 Å². The Morgan fingerprint density at radius 3 is 2.36 bits per heavy atom. The van der Waals surface area contributed by atoms with Crippen LogP contribution < -0.4 is 5.32 Å². The molecule has 0 bridgehead atoms. The van der Waals surface area contributed by atoms with Gasteiger partial charge >= 0.3 is 0 Å². The van der Waals surface area contributed by atoms with Gasteiger partial charge < -0.3 is 10.2 Å². The molecule has 4 heteroatoms. The summed E-state index contributed by atoms with van der Waals surface area (Å²) in [6, 6.07) is 0.431. The van der Waals surface area contributed by atoms with E-state index in [1.807, 2.05) is 25.7 Å². The maximum Gasteiger partial charge on any atom is 0.227 e. The van der Waals surface area contributed by atoms with E-state index in [2.05, 4.69) is 5.32 Å². The number of nitrogens with zero attached hydrogens (tertiary/aromatic N) is 1. The van der Waals surface area contributed by atoms with Crippen LogP contribution in [0.4, 0.5) is 0 Å². The number of hydrogen-bond donors (Lipinski definition) is 1. The summed E-state index contributed by atoms with van der Waals surface area (Å²) in [7, 11) is 0. The fraction of sp³-hybridized carbons (Fsp3) is 0.889. The van der Waals surface area contributed by atoms with Gasteiger partial charge in [0, 0.05) is 30.5 Å². The molecule has 4 nitrogen and oxygen atoms in total. The van der Waals surface area contributed by atoms with Gasteiger partial charge in [-0.15, -0.1) is 0 Å². The summed E-state index contributed by atoms with van der Waals surface area (Å²) in [5.74, 6) is 2.20. The summed E-state index contributed by atoms with van der Waals surface area (Å²) in [6.45, 7) is 7.34. The number of hydrogen-bond acceptors (Lipinski definition) is 2. The van der Waals surface area contributed by atoms with E-state index in [0.717, 1.165) is 44.2 Å². The van der Waals surface area contributed by atoms with Crippen molar-refractivity contribution in [2.75, 3.05) is 13.1 Å². The van der Waals surface area contributed by atoms with Crippen LogP contribution in [0.2, 0.25) is 0 Å². The van der Waals surface area contributed by atoms with Gasteiger partial charge in [-0.2, -0.15) is 0 Å². The molecule has 0 aromatic rings. The van der Waals surface area contributed by atoms with Crippen LogP contribution in [0.15, 0.2) is 0 Å². The van der Waals surface area contributed by atoms with Crippen LogP contribution in [0.5, 0.6) is 0 Å². The predicted octanol–water partition coefficient (Wildman–Crippen LogP) is 2.58. The Morgan fingerprint density at radius 1 is 1.05 bits per heavy atom. The molecule has 1 saturated heterocycles. The van der Waals surface area contributed by atoms with Gasteiger partial charge in [-0.05, 0) is 37.5 Å². The second-order valence-corrected chi connectivity index (χ2v) is 8.52. The third kappa shape index (κ3) is 3.31. The Kier molecular flexibility index (Phi) is 4.21. The van der Waals surface area contributed by atoms with Crippen molar-refractivity contribution in [2.45, 2.75) is 65.3 Å².